The molecule has 1 N–H and O–H groups in total. The van der Waals surface area contributed by atoms with Gasteiger partial charge >= 0.3 is 6.18 Å². The van der Waals surface area contributed by atoms with Crippen molar-refractivity contribution in [3.63, 3.8) is 0 Å². The molecule has 0 saturated carbocycles. The van der Waals surface area contributed by atoms with Crippen LogP contribution in [0.4, 0.5) is 13.2 Å². The minimum atomic E-state index is -4.40. The average molecular weight is 431 g/mol. The molecule has 164 valence electrons. The van der Waals surface area contributed by atoms with Crippen molar-refractivity contribution in [3.8, 4) is 0 Å². The maximum atomic E-state index is 12.9. The second-order valence-corrected chi connectivity index (χ2v) is 8.00. The molecule has 9 heteroatoms. The fourth-order valence-electron chi connectivity index (χ4n) is 3.88. The lowest BCUT2D eigenvalue weighted by molar-refractivity contribution is -0.137. The van der Waals surface area contributed by atoms with Gasteiger partial charge in [-0.1, -0.05) is 35.0 Å². The molecule has 1 aliphatic heterocycles. The van der Waals surface area contributed by atoms with E-state index in [0.29, 0.717) is 31.7 Å². The summed E-state index contributed by atoms with van der Waals surface area (Å²) in [4.78, 5) is 14.4. The fourth-order valence-corrected chi connectivity index (χ4v) is 3.88. The van der Waals surface area contributed by atoms with E-state index in [2.05, 4.69) is 20.5 Å². The Morgan fingerprint density at radius 2 is 1.84 bits per heavy atom. The van der Waals surface area contributed by atoms with Gasteiger partial charge in [0.25, 0.3) is 0 Å². The van der Waals surface area contributed by atoms with E-state index in [0.717, 1.165) is 30.5 Å². The quantitative estimate of drug-likeness (QED) is 0.669. The van der Waals surface area contributed by atoms with Crippen LogP contribution in [0.1, 0.15) is 35.6 Å². The number of likely N-dealkylation sites (tertiary alicyclic amines) is 1. The molecule has 2 aromatic carbocycles. The van der Waals surface area contributed by atoms with Crippen LogP contribution in [0.3, 0.4) is 0 Å². The van der Waals surface area contributed by atoms with Gasteiger partial charge in [0.05, 0.1) is 23.7 Å². The summed E-state index contributed by atoms with van der Waals surface area (Å²) in [6.07, 6.45) is -2.89. The second kappa shape index (κ2) is 8.66. The van der Waals surface area contributed by atoms with Crippen LogP contribution in [-0.4, -0.2) is 45.4 Å². The Morgan fingerprint density at radius 1 is 1.13 bits per heavy atom. The molecule has 3 aromatic rings. The van der Waals surface area contributed by atoms with Crippen molar-refractivity contribution in [2.24, 2.45) is 0 Å². The molecule has 4 rings (SSSR count). The summed E-state index contributed by atoms with van der Waals surface area (Å²) in [6, 6.07) is 11.6. The number of carbonyl (C=O) groups excluding carboxylic acids is 1. The van der Waals surface area contributed by atoms with Crippen molar-refractivity contribution in [2.75, 3.05) is 19.6 Å². The summed E-state index contributed by atoms with van der Waals surface area (Å²) < 4.78 is 40.4. The highest BCUT2D eigenvalue weighted by molar-refractivity contribution is 5.78. The summed E-state index contributed by atoms with van der Waals surface area (Å²) in [5, 5.41) is 11.0. The number of hydrogen-bond acceptors (Lipinski definition) is 4. The summed E-state index contributed by atoms with van der Waals surface area (Å²) in [5.41, 5.74) is 2.36. The number of alkyl halides is 3. The number of halogens is 3. The Balaban J connectivity index is 1.30. The number of nitrogens with zero attached hydrogens (tertiary/aromatic N) is 4. The highest BCUT2D eigenvalue weighted by Crippen LogP contribution is 2.32. The topological polar surface area (TPSA) is 63.1 Å². The Morgan fingerprint density at radius 3 is 2.52 bits per heavy atom. The molecule has 6 nitrogen and oxygen atoms in total. The zero-order valence-corrected chi connectivity index (χ0v) is 17.2. The molecule has 0 spiro atoms. The molecule has 31 heavy (non-hydrogen) atoms. The molecule has 0 bridgehead atoms. The van der Waals surface area contributed by atoms with Gasteiger partial charge < -0.3 is 5.32 Å². The summed E-state index contributed by atoms with van der Waals surface area (Å²) in [5.74, 6) is -0.0232. The first-order chi connectivity index (χ1) is 14.8. The van der Waals surface area contributed by atoms with Gasteiger partial charge in [0, 0.05) is 19.6 Å². The molecular weight excluding hydrogens is 407 g/mol. The smallest absolute Gasteiger partial charge is 0.351 e. The van der Waals surface area contributed by atoms with Crippen LogP contribution in [-0.2, 0) is 17.5 Å². The van der Waals surface area contributed by atoms with Crippen LogP contribution in [0.2, 0.25) is 0 Å². The number of fused-ring (bicyclic) bond motifs is 1. The standard InChI is InChI=1S/C22H24F3N5O/c1-15-2-4-16(5-3-15)13-26-21(31)14-29-10-8-18(9-11-29)30-20-7-6-17(22(23,24)25)12-19(20)27-28-30/h2-7,12,18H,8-11,13-14H2,1H3,(H,26,31). The number of aryl methyl sites for hydroxylation is 1. The van der Waals surface area contributed by atoms with Gasteiger partial charge in [-0.15, -0.1) is 5.10 Å². The van der Waals surface area contributed by atoms with Crippen molar-refractivity contribution in [1.29, 1.82) is 0 Å². The van der Waals surface area contributed by atoms with Crippen LogP contribution in [0, 0.1) is 6.92 Å². The third-order valence-corrected chi connectivity index (χ3v) is 5.68. The molecule has 1 saturated heterocycles. The Kier molecular flexibility index (Phi) is 5.95. The van der Waals surface area contributed by atoms with Crippen molar-refractivity contribution in [2.45, 2.75) is 38.5 Å². The highest BCUT2D eigenvalue weighted by Gasteiger charge is 2.31. The number of carbonyl (C=O) groups is 1. The molecule has 0 unspecified atom stereocenters. The largest absolute Gasteiger partial charge is 0.416 e. The van der Waals surface area contributed by atoms with Crippen molar-refractivity contribution >= 4 is 16.9 Å². The maximum Gasteiger partial charge on any atom is 0.416 e. The zero-order chi connectivity index (χ0) is 22.0. The van der Waals surface area contributed by atoms with Crippen LogP contribution in [0.5, 0.6) is 0 Å². The molecular formula is C22H24F3N5O. The summed E-state index contributed by atoms with van der Waals surface area (Å²) in [6.45, 7) is 4.27. The monoisotopic (exact) mass is 431 g/mol. The van der Waals surface area contributed by atoms with Gasteiger partial charge in [0.15, 0.2) is 0 Å². The third kappa shape index (κ3) is 5.04. The van der Waals surface area contributed by atoms with Crippen molar-refractivity contribution < 1.29 is 18.0 Å². The predicted molar refractivity (Wildman–Crippen MR) is 110 cm³/mol. The van der Waals surface area contributed by atoms with E-state index in [1.165, 1.54) is 11.6 Å². The molecule has 1 aliphatic rings. The lowest BCUT2D eigenvalue weighted by Gasteiger charge is -2.31. The number of nitrogens with one attached hydrogen (secondary N) is 1. The van der Waals surface area contributed by atoms with Crippen molar-refractivity contribution in [3.05, 3.63) is 59.2 Å². The Bertz CT molecular complexity index is 1050. The molecule has 0 radical (unpaired) electrons. The number of benzene rings is 2. The molecule has 1 amide bonds. The predicted octanol–water partition coefficient (Wildman–Crippen LogP) is 3.71. The number of piperidine rings is 1. The van der Waals surface area contributed by atoms with Gasteiger partial charge in [-0.25, -0.2) is 4.68 Å². The van der Waals surface area contributed by atoms with Gasteiger partial charge in [-0.2, -0.15) is 13.2 Å². The molecule has 1 aromatic heterocycles. The van der Waals surface area contributed by atoms with E-state index in [1.807, 2.05) is 31.2 Å². The zero-order valence-electron chi connectivity index (χ0n) is 17.2. The highest BCUT2D eigenvalue weighted by atomic mass is 19.4. The van der Waals surface area contributed by atoms with E-state index in [-0.39, 0.29) is 17.5 Å². The Hall–Kier alpha value is -2.94. The summed E-state index contributed by atoms with van der Waals surface area (Å²) >= 11 is 0. The normalized spacial score (nSPS) is 16.0. The minimum Gasteiger partial charge on any atom is -0.351 e. The molecule has 1 fully saturated rings. The van der Waals surface area contributed by atoms with E-state index in [9.17, 15) is 18.0 Å². The van der Waals surface area contributed by atoms with Crippen LogP contribution < -0.4 is 5.32 Å². The number of amides is 1. The SMILES string of the molecule is Cc1ccc(CNC(=O)CN2CCC(n3nnc4cc(C(F)(F)F)ccc43)CC2)cc1. The first kappa shape index (κ1) is 21.3. The van der Waals surface area contributed by atoms with Gasteiger partial charge in [0.1, 0.15) is 5.52 Å². The first-order valence-electron chi connectivity index (χ1n) is 10.3. The van der Waals surface area contributed by atoms with E-state index in [1.54, 1.807) is 4.68 Å². The third-order valence-electron chi connectivity index (χ3n) is 5.68. The van der Waals surface area contributed by atoms with Crippen LogP contribution in [0.25, 0.3) is 11.0 Å². The minimum absolute atomic E-state index is 0.0232. The molecule has 2 heterocycles. The average Bonchev–Trinajstić information content (AvgIpc) is 3.17. The lowest BCUT2D eigenvalue weighted by atomic mass is 10.0. The van der Waals surface area contributed by atoms with Gasteiger partial charge in [-0.3, -0.25) is 9.69 Å². The van der Waals surface area contributed by atoms with Crippen LogP contribution >= 0.6 is 0 Å². The number of hydrogen-bond donors (Lipinski definition) is 1. The maximum absolute atomic E-state index is 12.9. The van der Waals surface area contributed by atoms with E-state index in [4.69, 9.17) is 0 Å². The molecule has 0 aliphatic carbocycles. The number of aromatic nitrogens is 3. The molecule has 0 atom stereocenters. The van der Waals surface area contributed by atoms with E-state index < -0.39 is 11.7 Å². The Labute approximate surface area is 178 Å². The van der Waals surface area contributed by atoms with Crippen LogP contribution in [0.15, 0.2) is 42.5 Å². The summed E-state index contributed by atoms with van der Waals surface area (Å²) in [7, 11) is 0. The van der Waals surface area contributed by atoms with Crippen molar-refractivity contribution in [1.82, 2.24) is 25.2 Å². The second-order valence-electron chi connectivity index (χ2n) is 8.00. The van der Waals surface area contributed by atoms with Gasteiger partial charge in [0.2, 0.25) is 5.91 Å². The lowest BCUT2D eigenvalue weighted by Crippen LogP contribution is -2.41. The van der Waals surface area contributed by atoms with E-state index >= 15 is 0 Å². The first-order valence-corrected chi connectivity index (χ1v) is 10.3. The fraction of sp³-hybridized carbons (Fsp3) is 0.409. The van der Waals surface area contributed by atoms with Gasteiger partial charge in [-0.05, 0) is 43.5 Å². The number of rotatable bonds is 5.